The number of hydrogen-bond donors (Lipinski definition) is 1. The maximum Gasteiger partial charge on any atom is 0.256 e. The van der Waals surface area contributed by atoms with Gasteiger partial charge < -0.3 is 10.2 Å². The summed E-state index contributed by atoms with van der Waals surface area (Å²) in [6.45, 7) is 9.02. The Morgan fingerprint density at radius 3 is 2.95 bits per heavy atom. The van der Waals surface area contributed by atoms with E-state index in [2.05, 4.69) is 24.1 Å². The summed E-state index contributed by atoms with van der Waals surface area (Å²) in [6, 6.07) is 1.81. The monoisotopic (exact) mass is 261 g/mol. The Kier molecular flexibility index (Phi) is 4.40. The van der Waals surface area contributed by atoms with Crippen LogP contribution in [0.2, 0.25) is 0 Å². The second kappa shape index (κ2) is 6.04. The van der Waals surface area contributed by atoms with Crippen LogP contribution in [-0.2, 0) is 0 Å². The van der Waals surface area contributed by atoms with E-state index < -0.39 is 0 Å². The smallest absolute Gasteiger partial charge is 0.256 e. The molecule has 1 amide bonds. The minimum Gasteiger partial charge on any atom is -0.383 e. The highest BCUT2D eigenvalue weighted by Gasteiger charge is 2.27. The average Bonchev–Trinajstić information content (AvgIpc) is 2.42. The lowest BCUT2D eigenvalue weighted by Crippen LogP contribution is -2.42. The zero-order valence-electron chi connectivity index (χ0n) is 12.0. The van der Waals surface area contributed by atoms with Gasteiger partial charge in [0, 0.05) is 25.8 Å². The minimum atomic E-state index is 0.122. The van der Waals surface area contributed by atoms with E-state index in [1.807, 2.05) is 17.9 Å². The lowest BCUT2D eigenvalue weighted by Gasteiger charge is -2.35. The van der Waals surface area contributed by atoms with E-state index in [0.717, 1.165) is 37.3 Å². The van der Waals surface area contributed by atoms with Crippen LogP contribution in [0.1, 0.15) is 37.6 Å². The molecule has 1 aromatic heterocycles. The molecule has 0 aromatic carbocycles. The van der Waals surface area contributed by atoms with Gasteiger partial charge in [-0.25, -0.2) is 0 Å². The molecule has 0 radical (unpaired) electrons. The summed E-state index contributed by atoms with van der Waals surface area (Å²) in [5.74, 6) is 1.40. The summed E-state index contributed by atoms with van der Waals surface area (Å²) in [6.07, 6.45) is 4.51. The van der Waals surface area contributed by atoms with Crippen LogP contribution in [0.5, 0.6) is 0 Å². The van der Waals surface area contributed by atoms with Crippen molar-refractivity contribution in [2.45, 2.75) is 27.2 Å². The zero-order chi connectivity index (χ0) is 13.8. The standard InChI is InChI=1S/C15H23N3O/c1-4-17-14-9-16-7-5-13(14)15(19)18-8-6-11(2)12(3)10-18/h5,7,9,11-12,17H,4,6,8,10H2,1-3H3. The van der Waals surface area contributed by atoms with Crippen LogP contribution in [0.15, 0.2) is 18.5 Å². The van der Waals surface area contributed by atoms with E-state index in [1.165, 1.54) is 0 Å². The third-order valence-corrected chi connectivity index (χ3v) is 4.04. The fourth-order valence-corrected chi connectivity index (χ4v) is 2.53. The van der Waals surface area contributed by atoms with Gasteiger partial charge in [-0.3, -0.25) is 9.78 Å². The van der Waals surface area contributed by atoms with Crippen molar-refractivity contribution in [1.29, 1.82) is 0 Å². The summed E-state index contributed by atoms with van der Waals surface area (Å²) in [4.78, 5) is 18.7. The van der Waals surface area contributed by atoms with Crippen LogP contribution in [-0.4, -0.2) is 35.4 Å². The van der Waals surface area contributed by atoms with E-state index in [9.17, 15) is 4.79 Å². The summed E-state index contributed by atoms with van der Waals surface area (Å²) in [7, 11) is 0. The van der Waals surface area contributed by atoms with Gasteiger partial charge in [0.1, 0.15) is 0 Å². The second-order valence-electron chi connectivity index (χ2n) is 5.45. The SMILES string of the molecule is CCNc1cnccc1C(=O)N1CCC(C)C(C)C1. The lowest BCUT2D eigenvalue weighted by atomic mass is 9.88. The number of anilines is 1. The normalized spacial score (nSPS) is 23.2. The Labute approximate surface area is 115 Å². The van der Waals surface area contributed by atoms with Crippen LogP contribution < -0.4 is 5.32 Å². The molecule has 1 fully saturated rings. The molecule has 1 aliphatic rings. The number of pyridine rings is 1. The van der Waals surface area contributed by atoms with Crippen LogP contribution in [0.25, 0.3) is 0 Å². The van der Waals surface area contributed by atoms with Gasteiger partial charge in [-0.1, -0.05) is 13.8 Å². The first kappa shape index (κ1) is 13.8. The fourth-order valence-electron chi connectivity index (χ4n) is 2.53. The predicted octanol–water partition coefficient (Wildman–Crippen LogP) is 2.63. The third-order valence-electron chi connectivity index (χ3n) is 4.04. The number of nitrogens with one attached hydrogen (secondary N) is 1. The van der Waals surface area contributed by atoms with Crippen molar-refractivity contribution in [1.82, 2.24) is 9.88 Å². The molecular weight excluding hydrogens is 238 g/mol. The fraction of sp³-hybridized carbons (Fsp3) is 0.600. The van der Waals surface area contributed by atoms with E-state index in [-0.39, 0.29) is 5.91 Å². The highest BCUT2D eigenvalue weighted by Crippen LogP contribution is 2.25. The van der Waals surface area contributed by atoms with E-state index >= 15 is 0 Å². The van der Waals surface area contributed by atoms with E-state index in [4.69, 9.17) is 0 Å². The number of carbonyl (C=O) groups is 1. The Morgan fingerprint density at radius 1 is 1.47 bits per heavy atom. The predicted molar refractivity (Wildman–Crippen MR) is 77.2 cm³/mol. The topological polar surface area (TPSA) is 45.2 Å². The molecule has 1 saturated heterocycles. The van der Waals surface area contributed by atoms with Crippen LogP contribution in [0.4, 0.5) is 5.69 Å². The molecular formula is C15H23N3O. The molecule has 2 atom stereocenters. The number of nitrogens with zero attached hydrogens (tertiary/aromatic N) is 2. The number of rotatable bonds is 3. The maximum atomic E-state index is 12.6. The van der Waals surface area contributed by atoms with Gasteiger partial charge in [0.05, 0.1) is 17.4 Å². The first-order valence-electron chi connectivity index (χ1n) is 7.10. The molecule has 2 heterocycles. The third kappa shape index (κ3) is 3.06. The van der Waals surface area contributed by atoms with Gasteiger partial charge in [0.25, 0.3) is 5.91 Å². The average molecular weight is 261 g/mol. The number of carbonyl (C=O) groups excluding carboxylic acids is 1. The zero-order valence-corrected chi connectivity index (χ0v) is 12.0. The van der Waals surface area contributed by atoms with E-state index in [1.54, 1.807) is 12.4 Å². The molecule has 104 valence electrons. The maximum absolute atomic E-state index is 12.6. The molecule has 1 N–H and O–H groups in total. The first-order valence-corrected chi connectivity index (χ1v) is 7.10. The molecule has 4 nitrogen and oxygen atoms in total. The Balaban J connectivity index is 2.15. The lowest BCUT2D eigenvalue weighted by molar-refractivity contribution is 0.0628. The summed E-state index contributed by atoms with van der Waals surface area (Å²) >= 11 is 0. The highest BCUT2D eigenvalue weighted by molar-refractivity contribution is 5.99. The largest absolute Gasteiger partial charge is 0.383 e. The molecule has 0 saturated carbocycles. The molecule has 19 heavy (non-hydrogen) atoms. The summed E-state index contributed by atoms with van der Waals surface area (Å²) < 4.78 is 0. The second-order valence-corrected chi connectivity index (χ2v) is 5.45. The number of amides is 1. The van der Waals surface area contributed by atoms with Crippen molar-refractivity contribution in [2.24, 2.45) is 11.8 Å². The highest BCUT2D eigenvalue weighted by atomic mass is 16.2. The van der Waals surface area contributed by atoms with Crippen molar-refractivity contribution in [2.75, 3.05) is 25.0 Å². The van der Waals surface area contributed by atoms with Crippen LogP contribution in [0, 0.1) is 11.8 Å². The molecule has 4 heteroatoms. The van der Waals surface area contributed by atoms with Crippen molar-refractivity contribution in [3.05, 3.63) is 24.0 Å². The summed E-state index contributed by atoms with van der Waals surface area (Å²) in [5.41, 5.74) is 1.57. The van der Waals surface area contributed by atoms with Crippen molar-refractivity contribution in [3.63, 3.8) is 0 Å². The molecule has 2 unspecified atom stereocenters. The number of piperidine rings is 1. The van der Waals surface area contributed by atoms with Gasteiger partial charge in [-0.05, 0) is 31.2 Å². The molecule has 0 spiro atoms. The van der Waals surface area contributed by atoms with Gasteiger partial charge in [-0.2, -0.15) is 0 Å². The minimum absolute atomic E-state index is 0.122. The van der Waals surface area contributed by atoms with Gasteiger partial charge >= 0.3 is 0 Å². The summed E-state index contributed by atoms with van der Waals surface area (Å²) in [5, 5.41) is 3.21. The van der Waals surface area contributed by atoms with Crippen LogP contribution in [0.3, 0.4) is 0 Å². The van der Waals surface area contributed by atoms with E-state index in [0.29, 0.717) is 11.8 Å². The molecule has 0 aliphatic carbocycles. The number of likely N-dealkylation sites (tertiary alicyclic amines) is 1. The van der Waals surface area contributed by atoms with Crippen molar-refractivity contribution >= 4 is 11.6 Å². The van der Waals surface area contributed by atoms with Crippen LogP contribution >= 0.6 is 0 Å². The molecule has 2 rings (SSSR count). The number of hydrogen-bond acceptors (Lipinski definition) is 3. The van der Waals surface area contributed by atoms with Crippen molar-refractivity contribution < 1.29 is 4.79 Å². The van der Waals surface area contributed by atoms with Crippen molar-refractivity contribution in [3.8, 4) is 0 Å². The number of aromatic nitrogens is 1. The molecule has 1 aliphatic heterocycles. The Bertz CT molecular complexity index is 447. The van der Waals surface area contributed by atoms with Gasteiger partial charge in [0.15, 0.2) is 0 Å². The van der Waals surface area contributed by atoms with Gasteiger partial charge in [0.2, 0.25) is 0 Å². The molecule has 1 aromatic rings. The molecule has 0 bridgehead atoms. The Morgan fingerprint density at radius 2 is 2.26 bits per heavy atom. The first-order chi connectivity index (χ1) is 9.13. The van der Waals surface area contributed by atoms with Gasteiger partial charge in [-0.15, -0.1) is 0 Å². The Hall–Kier alpha value is -1.58. The quantitative estimate of drug-likeness (QED) is 0.909.